The fourth-order valence-electron chi connectivity index (χ4n) is 2.06. The summed E-state index contributed by atoms with van der Waals surface area (Å²) >= 11 is 0. The summed E-state index contributed by atoms with van der Waals surface area (Å²) in [6, 6.07) is 13.4. The maximum Gasteiger partial charge on any atom is 0.186 e. The number of carbonyl (C=O) groups excluding carboxylic acids is 1. The number of benzene rings is 2. The van der Waals surface area contributed by atoms with Crippen LogP contribution in [0, 0.1) is 5.82 Å². The van der Waals surface area contributed by atoms with Crippen molar-refractivity contribution >= 4 is 17.3 Å². The van der Waals surface area contributed by atoms with Gasteiger partial charge in [-0.1, -0.05) is 30.3 Å². The highest BCUT2D eigenvalue weighted by atomic mass is 19.1. The summed E-state index contributed by atoms with van der Waals surface area (Å²) in [5.41, 5.74) is 2.13. The Labute approximate surface area is 103 Å². The van der Waals surface area contributed by atoms with Crippen LogP contribution in [0.4, 0.5) is 4.39 Å². The molecule has 3 heteroatoms. The molecule has 0 fully saturated rings. The third-order valence-corrected chi connectivity index (χ3v) is 2.86. The van der Waals surface area contributed by atoms with Crippen LogP contribution >= 0.6 is 0 Å². The van der Waals surface area contributed by atoms with Crippen LogP contribution in [0.3, 0.4) is 0 Å². The highest BCUT2D eigenvalue weighted by Crippen LogP contribution is 2.33. The van der Waals surface area contributed by atoms with Gasteiger partial charge in [0.1, 0.15) is 11.4 Å². The van der Waals surface area contributed by atoms with Gasteiger partial charge < -0.3 is 4.42 Å². The number of rotatable bonds is 2. The van der Waals surface area contributed by atoms with E-state index in [1.165, 1.54) is 12.1 Å². The second kappa shape index (κ2) is 4.11. The average Bonchev–Trinajstić information content (AvgIpc) is 2.78. The van der Waals surface area contributed by atoms with Gasteiger partial charge in [0.05, 0.1) is 0 Å². The van der Waals surface area contributed by atoms with E-state index in [1.807, 2.05) is 18.2 Å². The van der Waals surface area contributed by atoms with Crippen LogP contribution in [0.1, 0.15) is 10.6 Å². The second-order valence-corrected chi connectivity index (χ2v) is 3.96. The van der Waals surface area contributed by atoms with Crippen LogP contribution in [0.15, 0.2) is 52.9 Å². The molecule has 0 radical (unpaired) electrons. The summed E-state index contributed by atoms with van der Waals surface area (Å²) in [5.74, 6) is -0.0398. The Hall–Kier alpha value is -2.42. The molecule has 3 rings (SSSR count). The van der Waals surface area contributed by atoms with Gasteiger partial charge in [-0.05, 0) is 23.8 Å². The van der Waals surface area contributed by atoms with E-state index in [4.69, 9.17) is 4.42 Å². The number of para-hydroxylation sites is 1. The van der Waals surface area contributed by atoms with E-state index in [1.54, 1.807) is 18.2 Å². The summed E-state index contributed by atoms with van der Waals surface area (Å²) < 4.78 is 18.4. The molecule has 0 atom stereocenters. The standard InChI is InChI=1S/C15H9FO2/c16-11-7-5-10(6-8-11)15-12-3-1-2-4-13(12)18-14(15)9-17/h1-9H. The highest BCUT2D eigenvalue weighted by Gasteiger charge is 2.14. The summed E-state index contributed by atoms with van der Waals surface area (Å²) in [6.07, 6.45) is 0.679. The molecule has 1 heterocycles. The minimum Gasteiger partial charge on any atom is -0.453 e. The number of carbonyl (C=O) groups is 1. The fourth-order valence-corrected chi connectivity index (χ4v) is 2.06. The Balaban J connectivity index is 2.32. The lowest BCUT2D eigenvalue weighted by Gasteiger charge is -1.99. The first-order chi connectivity index (χ1) is 8.79. The number of hydrogen-bond donors (Lipinski definition) is 0. The molecule has 88 valence electrons. The maximum absolute atomic E-state index is 12.9. The van der Waals surface area contributed by atoms with Gasteiger partial charge in [0, 0.05) is 10.9 Å². The number of hydrogen-bond acceptors (Lipinski definition) is 2. The molecule has 0 saturated carbocycles. The van der Waals surface area contributed by atoms with Gasteiger partial charge in [0.25, 0.3) is 0 Å². The average molecular weight is 240 g/mol. The van der Waals surface area contributed by atoms with Crippen LogP contribution in [-0.2, 0) is 0 Å². The van der Waals surface area contributed by atoms with Crippen molar-refractivity contribution in [3.8, 4) is 11.1 Å². The van der Waals surface area contributed by atoms with E-state index >= 15 is 0 Å². The lowest BCUT2D eigenvalue weighted by molar-refractivity contribution is 0.110. The molecular weight excluding hydrogens is 231 g/mol. The fraction of sp³-hybridized carbons (Fsp3) is 0. The molecule has 0 aliphatic heterocycles. The minimum absolute atomic E-state index is 0.266. The molecule has 0 bridgehead atoms. The molecule has 0 amide bonds. The van der Waals surface area contributed by atoms with Crippen molar-refractivity contribution in [1.29, 1.82) is 0 Å². The predicted octanol–water partition coefficient (Wildman–Crippen LogP) is 4.05. The minimum atomic E-state index is -0.306. The molecule has 0 spiro atoms. The van der Waals surface area contributed by atoms with Crippen molar-refractivity contribution in [2.75, 3.05) is 0 Å². The lowest BCUT2D eigenvalue weighted by atomic mass is 10.0. The summed E-state index contributed by atoms with van der Waals surface area (Å²) in [7, 11) is 0. The molecule has 0 aliphatic carbocycles. The normalized spacial score (nSPS) is 10.7. The Kier molecular flexibility index (Phi) is 2.45. The van der Waals surface area contributed by atoms with Crippen LogP contribution in [-0.4, -0.2) is 6.29 Å². The van der Waals surface area contributed by atoms with Crippen molar-refractivity contribution in [1.82, 2.24) is 0 Å². The third-order valence-electron chi connectivity index (χ3n) is 2.86. The van der Waals surface area contributed by atoms with Gasteiger partial charge in [-0.3, -0.25) is 4.79 Å². The molecular formula is C15H9FO2. The molecule has 0 saturated heterocycles. The Bertz CT molecular complexity index is 711. The Morgan fingerprint density at radius 2 is 1.72 bits per heavy atom. The van der Waals surface area contributed by atoms with Crippen molar-refractivity contribution < 1.29 is 13.6 Å². The topological polar surface area (TPSA) is 30.2 Å². The molecule has 3 aromatic rings. The van der Waals surface area contributed by atoms with Gasteiger partial charge >= 0.3 is 0 Å². The van der Waals surface area contributed by atoms with Crippen molar-refractivity contribution in [2.45, 2.75) is 0 Å². The largest absolute Gasteiger partial charge is 0.453 e. The molecule has 1 aromatic heterocycles. The zero-order chi connectivity index (χ0) is 12.5. The molecule has 18 heavy (non-hydrogen) atoms. The summed E-state index contributed by atoms with van der Waals surface area (Å²) in [4.78, 5) is 11.1. The molecule has 0 unspecified atom stereocenters. The zero-order valence-electron chi connectivity index (χ0n) is 9.39. The zero-order valence-corrected chi connectivity index (χ0v) is 9.39. The van der Waals surface area contributed by atoms with Crippen LogP contribution in [0.5, 0.6) is 0 Å². The van der Waals surface area contributed by atoms with E-state index in [9.17, 15) is 9.18 Å². The quantitative estimate of drug-likeness (QED) is 0.632. The number of furan rings is 1. The first-order valence-corrected chi connectivity index (χ1v) is 5.52. The predicted molar refractivity (Wildman–Crippen MR) is 67.0 cm³/mol. The highest BCUT2D eigenvalue weighted by molar-refractivity contribution is 6.02. The molecule has 0 aliphatic rings. The molecule has 2 nitrogen and oxygen atoms in total. The third kappa shape index (κ3) is 1.61. The first kappa shape index (κ1) is 10.7. The van der Waals surface area contributed by atoms with Crippen LogP contribution in [0.2, 0.25) is 0 Å². The van der Waals surface area contributed by atoms with E-state index in [0.717, 1.165) is 10.9 Å². The molecule has 0 N–H and O–H groups in total. The Morgan fingerprint density at radius 3 is 2.44 bits per heavy atom. The monoisotopic (exact) mass is 240 g/mol. The van der Waals surface area contributed by atoms with Crippen LogP contribution < -0.4 is 0 Å². The summed E-state index contributed by atoms with van der Waals surface area (Å²) in [6.45, 7) is 0. The van der Waals surface area contributed by atoms with Gasteiger partial charge in [0.15, 0.2) is 12.0 Å². The first-order valence-electron chi connectivity index (χ1n) is 5.52. The second-order valence-electron chi connectivity index (χ2n) is 3.96. The van der Waals surface area contributed by atoms with Gasteiger partial charge in [-0.2, -0.15) is 0 Å². The van der Waals surface area contributed by atoms with Crippen LogP contribution in [0.25, 0.3) is 22.1 Å². The lowest BCUT2D eigenvalue weighted by Crippen LogP contribution is -1.83. The van der Waals surface area contributed by atoms with Crippen molar-refractivity contribution in [2.24, 2.45) is 0 Å². The SMILES string of the molecule is O=Cc1oc2ccccc2c1-c1ccc(F)cc1. The molecule has 2 aromatic carbocycles. The smallest absolute Gasteiger partial charge is 0.186 e. The van der Waals surface area contributed by atoms with Gasteiger partial charge in [-0.25, -0.2) is 4.39 Å². The van der Waals surface area contributed by atoms with E-state index in [-0.39, 0.29) is 11.6 Å². The van der Waals surface area contributed by atoms with Crippen molar-refractivity contribution in [3.05, 3.63) is 60.1 Å². The van der Waals surface area contributed by atoms with Gasteiger partial charge in [0.2, 0.25) is 0 Å². The Morgan fingerprint density at radius 1 is 1.00 bits per heavy atom. The van der Waals surface area contributed by atoms with Gasteiger partial charge in [-0.15, -0.1) is 0 Å². The number of halogens is 1. The van der Waals surface area contributed by atoms with E-state index < -0.39 is 0 Å². The van der Waals surface area contributed by atoms with E-state index in [2.05, 4.69) is 0 Å². The number of fused-ring (bicyclic) bond motifs is 1. The van der Waals surface area contributed by atoms with Crippen molar-refractivity contribution in [3.63, 3.8) is 0 Å². The number of aldehydes is 1. The van der Waals surface area contributed by atoms with E-state index in [0.29, 0.717) is 17.4 Å². The summed E-state index contributed by atoms with van der Waals surface area (Å²) in [5, 5.41) is 0.853. The maximum atomic E-state index is 12.9.